The average Bonchev–Trinajstić information content (AvgIpc) is 3.21. The van der Waals surface area contributed by atoms with Crippen molar-refractivity contribution in [1.29, 1.82) is 0 Å². The highest BCUT2D eigenvalue weighted by Gasteiger charge is 2.35. The van der Waals surface area contributed by atoms with Crippen LogP contribution in [0.25, 0.3) is 0 Å². The number of benzene rings is 2. The van der Waals surface area contributed by atoms with E-state index in [9.17, 15) is 14.4 Å². The Morgan fingerprint density at radius 1 is 0.903 bits per heavy atom. The third kappa shape index (κ3) is 5.30. The number of anilines is 1. The molecule has 2 heterocycles. The van der Waals surface area contributed by atoms with E-state index in [0.717, 1.165) is 25.3 Å². The van der Waals surface area contributed by atoms with Gasteiger partial charge in [-0.15, -0.1) is 0 Å². The number of rotatable bonds is 6. The lowest BCUT2D eigenvalue weighted by Gasteiger charge is -2.34. The van der Waals surface area contributed by atoms with Crippen LogP contribution in [0.15, 0.2) is 60.7 Å². The maximum absolute atomic E-state index is 12.5. The third-order valence-corrected chi connectivity index (χ3v) is 5.95. The van der Waals surface area contributed by atoms with Crippen molar-refractivity contribution in [3.05, 3.63) is 66.2 Å². The van der Waals surface area contributed by atoms with Crippen molar-refractivity contribution < 1.29 is 14.4 Å². The number of hydrogen-bond acceptors (Lipinski definition) is 4. The van der Waals surface area contributed by atoms with E-state index in [1.807, 2.05) is 48.5 Å². The van der Waals surface area contributed by atoms with Crippen LogP contribution in [0, 0.1) is 5.92 Å². The SMILES string of the molecule is O=C(NCC(=O)N1CCN(Cc2ccccc2)CC1)[C@H]1CC(=O)N(c2ccccc2)C1. The number of carbonyl (C=O) groups is 3. The summed E-state index contributed by atoms with van der Waals surface area (Å²) in [4.78, 5) is 43.2. The van der Waals surface area contributed by atoms with Gasteiger partial charge in [0.15, 0.2) is 0 Å². The molecule has 0 saturated carbocycles. The van der Waals surface area contributed by atoms with E-state index in [1.54, 1.807) is 9.80 Å². The van der Waals surface area contributed by atoms with Gasteiger partial charge in [0.25, 0.3) is 0 Å². The first-order chi connectivity index (χ1) is 15.1. The number of carbonyl (C=O) groups excluding carboxylic acids is 3. The Kier molecular flexibility index (Phi) is 6.62. The monoisotopic (exact) mass is 420 g/mol. The second-order valence-corrected chi connectivity index (χ2v) is 8.10. The van der Waals surface area contributed by atoms with Crippen molar-refractivity contribution in [2.75, 3.05) is 44.2 Å². The minimum atomic E-state index is -0.428. The Hall–Kier alpha value is -3.19. The molecule has 0 spiro atoms. The van der Waals surface area contributed by atoms with Gasteiger partial charge in [-0.3, -0.25) is 19.3 Å². The largest absolute Gasteiger partial charge is 0.347 e. The summed E-state index contributed by atoms with van der Waals surface area (Å²) in [6.45, 7) is 4.16. The average molecular weight is 421 g/mol. The predicted octanol–water partition coefficient (Wildman–Crippen LogP) is 1.50. The molecule has 2 aliphatic heterocycles. The lowest BCUT2D eigenvalue weighted by molar-refractivity contribution is -0.135. The number of piperazine rings is 1. The summed E-state index contributed by atoms with van der Waals surface area (Å²) in [5.74, 6) is -0.796. The third-order valence-electron chi connectivity index (χ3n) is 5.95. The zero-order valence-corrected chi connectivity index (χ0v) is 17.6. The zero-order valence-electron chi connectivity index (χ0n) is 17.6. The van der Waals surface area contributed by atoms with Gasteiger partial charge < -0.3 is 15.1 Å². The summed E-state index contributed by atoms with van der Waals surface area (Å²) in [6, 6.07) is 19.7. The number of nitrogens with one attached hydrogen (secondary N) is 1. The summed E-state index contributed by atoms with van der Waals surface area (Å²) < 4.78 is 0. The van der Waals surface area contributed by atoms with Crippen LogP contribution in [0.3, 0.4) is 0 Å². The van der Waals surface area contributed by atoms with E-state index in [4.69, 9.17) is 0 Å². The highest BCUT2D eigenvalue weighted by Crippen LogP contribution is 2.24. The molecule has 0 bridgehead atoms. The molecule has 4 rings (SSSR count). The maximum atomic E-state index is 12.5. The minimum Gasteiger partial charge on any atom is -0.347 e. The molecule has 162 valence electrons. The number of para-hydroxylation sites is 1. The molecule has 2 aliphatic rings. The van der Waals surface area contributed by atoms with Gasteiger partial charge >= 0.3 is 0 Å². The molecule has 2 aromatic carbocycles. The van der Waals surface area contributed by atoms with Crippen LogP contribution in [-0.4, -0.2) is 66.8 Å². The second-order valence-electron chi connectivity index (χ2n) is 8.10. The molecular weight excluding hydrogens is 392 g/mol. The molecule has 0 radical (unpaired) electrons. The summed E-state index contributed by atoms with van der Waals surface area (Å²) in [7, 11) is 0. The summed E-state index contributed by atoms with van der Waals surface area (Å²) in [6.07, 6.45) is 0.174. The lowest BCUT2D eigenvalue weighted by atomic mass is 10.1. The zero-order chi connectivity index (χ0) is 21.6. The van der Waals surface area contributed by atoms with Gasteiger partial charge in [-0.1, -0.05) is 48.5 Å². The molecule has 0 aliphatic carbocycles. The molecule has 1 N–H and O–H groups in total. The molecule has 3 amide bonds. The van der Waals surface area contributed by atoms with Gasteiger partial charge in [0, 0.05) is 51.4 Å². The van der Waals surface area contributed by atoms with Crippen LogP contribution in [0.4, 0.5) is 5.69 Å². The maximum Gasteiger partial charge on any atom is 0.242 e. The van der Waals surface area contributed by atoms with E-state index >= 15 is 0 Å². The molecule has 2 saturated heterocycles. The van der Waals surface area contributed by atoms with Crippen LogP contribution < -0.4 is 10.2 Å². The predicted molar refractivity (Wildman–Crippen MR) is 118 cm³/mol. The molecular formula is C24H28N4O3. The van der Waals surface area contributed by atoms with Crippen molar-refractivity contribution in [1.82, 2.24) is 15.1 Å². The standard InChI is InChI=1S/C24H28N4O3/c29-22-15-20(18-28(22)21-9-5-2-6-10-21)24(31)25-16-23(30)27-13-11-26(12-14-27)17-19-7-3-1-4-8-19/h1-10,20H,11-18H2,(H,25,31)/t20-/m0/s1. The highest BCUT2D eigenvalue weighted by molar-refractivity contribution is 6.00. The van der Waals surface area contributed by atoms with Gasteiger partial charge in [0.1, 0.15) is 0 Å². The summed E-state index contributed by atoms with van der Waals surface area (Å²) >= 11 is 0. The van der Waals surface area contributed by atoms with Crippen molar-refractivity contribution in [2.24, 2.45) is 5.92 Å². The first-order valence-electron chi connectivity index (χ1n) is 10.8. The topological polar surface area (TPSA) is 73.0 Å². The molecule has 2 aromatic rings. The fourth-order valence-electron chi connectivity index (χ4n) is 4.16. The van der Waals surface area contributed by atoms with E-state index in [0.29, 0.717) is 19.6 Å². The lowest BCUT2D eigenvalue weighted by Crippen LogP contribution is -2.51. The van der Waals surface area contributed by atoms with Crippen LogP contribution >= 0.6 is 0 Å². The van der Waals surface area contributed by atoms with Crippen LogP contribution in [0.1, 0.15) is 12.0 Å². The summed E-state index contributed by atoms with van der Waals surface area (Å²) in [5.41, 5.74) is 2.07. The van der Waals surface area contributed by atoms with Gasteiger partial charge in [0.2, 0.25) is 17.7 Å². The van der Waals surface area contributed by atoms with Crippen molar-refractivity contribution in [3.63, 3.8) is 0 Å². The van der Waals surface area contributed by atoms with Gasteiger partial charge in [-0.25, -0.2) is 0 Å². The van der Waals surface area contributed by atoms with Crippen LogP contribution in [0.5, 0.6) is 0 Å². The number of hydrogen-bond donors (Lipinski definition) is 1. The minimum absolute atomic E-state index is 0.0203. The van der Waals surface area contributed by atoms with Crippen molar-refractivity contribution in [3.8, 4) is 0 Å². The van der Waals surface area contributed by atoms with E-state index in [2.05, 4.69) is 22.3 Å². The van der Waals surface area contributed by atoms with Gasteiger partial charge in [0.05, 0.1) is 12.5 Å². The fourth-order valence-corrected chi connectivity index (χ4v) is 4.16. The number of nitrogens with zero attached hydrogens (tertiary/aromatic N) is 3. The summed E-state index contributed by atoms with van der Waals surface area (Å²) in [5, 5.41) is 2.74. The highest BCUT2D eigenvalue weighted by atomic mass is 16.2. The molecule has 7 nitrogen and oxygen atoms in total. The quantitative estimate of drug-likeness (QED) is 0.769. The van der Waals surface area contributed by atoms with Crippen molar-refractivity contribution >= 4 is 23.4 Å². The molecule has 2 fully saturated rings. The van der Waals surface area contributed by atoms with Gasteiger partial charge in [-0.2, -0.15) is 0 Å². The second kappa shape index (κ2) is 9.75. The molecule has 0 unspecified atom stereocenters. The number of amides is 3. The van der Waals surface area contributed by atoms with Crippen molar-refractivity contribution in [2.45, 2.75) is 13.0 Å². The van der Waals surface area contributed by atoms with E-state index < -0.39 is 5.92 Å². The first kappa shape index (κ1) is 21.1. The smallest absolute Gasteiger partial charge is 0.242 e. The Balaban J connectivity index is 1.20. The first-order valence-corrected chi connectivity index (χ1v) is 10.8. The normalized spacial score (nSPS) is 19.5. The van der Waals surface area contributed by atoms with E-state index in [-0.39, 0.29) is 30.7 Å². The van der Waals surface area contributed by atoms with Gasteiger partial charge in [-0.05, 0) is 17.7 Å². The molecule has 1 atom stereocenters. The molecule has 7 heteroatoms. The Morgan fingerprint density at radius 3 is 2.23 bits per heavy atom. The van der Waals surface area contributed by atoms with Crippen LogP contribution in [-0.2, 0) is 20.9 Å². The Morgan fingerprint density at radius 2 is 1.55 bits per heavy atom. The Labute approximate surface area is 182 Å². The van der Waals surface area contributed by atoms with Crippen LogP contribution in [0.2, 0.25) is 0 Å². The molecule has 31 heavy (non-hydrogen) atoms. The molecule has 0 aromatic heterocycles. The fraction of sp³-hybridized carbons (Fsp3) is 0.375. The van der Waals surface area contributed by atoms with E-state index in [1.165, 1.54) is 5.56 Å². The Bertz CT molecular complexity index is 911.